The fourth-order valence-corrected chi connectivity index (χ4v) is 4.97. The van der Waals surface area contributed by atoms with Gasteiger partial charge in [-0.25, -0.2) is 0 Å². The average molecular weight is 471 g/mol. The second-order valence-corrected chi connectivity index (χ2v) is 9.02. The van der Waals surface area contributed by atoms with Gasteiger partial charge in [0, 0.05) is 36.1 Å². The van der Waals surface area contributed by atoms with Gasteiger partial charge in [-0.1, -0.05) is 38.1 Å². The lowest BCUT2D eigenvalue weighted by molar-refractivity contribution is -0.133. The van der Waals surface area contributed by atoms with Crippen LogP contribution in [-0.4, -0.2) is 39.8 Å². The molecule has 1 aromatic rings. The summed E-state index contributed by atoms with van der Waals surface area (Å²) < 4.78 is 0. The quantitative estimate of drug-likeness (QED) is 0.281. The molecule has 3 heterocycles. The van der Waals surface area contributed by atoms with Gasteiger partial charge in [-0.15, -0.1) is 0 Å². The van der Waals surface area contributed by atoms with E-state index in [0.717, 1.165) is 17.0 Å². The van der Waals surface area contributed by atoms with E-state index < -0.39 is 11.8 Å². The summed E-state index contributed by atoms with van der Waals surface area (Å²) in [5, 5.41) is 10.1. The molecule has 1 fully saturated rings. The van der Waals surface area contributed by atoms with Crippen LogP contribution < -0.4 is 4.90 Å². The molecule has 3 aliphatic heterocycles. The largest absolute Gasteiger partial charge is 0.320 e. The summed E-state index contributed by atoms with van der Waals surface area (Å²) in [6, 6.07) is 10.5. The Labute approximate surface area is 205 Å². The Balaban J connectivity index is 1.68. The monoisotopic (exact) mass is 470 g/mol. The summed E-state index contributed by atoms with van der Waals surface area (Å²) in [4.78, 5) is 30.5. The summed E-state index contributed by atoms with van der Waals surface area (Å²) >= 11 is 5.29. The number of nitrogens with zero attached hydrogens (tertiary/aromatic N) is 4. The highest BCUT2D eigenvalue weighted by atomic mass is 32.1. The normalized spacial score (nSPS) is 20.4. The molecule has 0 saturated carbocycles. The molecule has 34 heavy (non-hydrogen) atoms. The first-order valence-electron chi connectivity index (χ1n) is 11.3. The number of para-hydroxylation sites is 1. The molecule has 0 unspecified atom stereocenters. The fraction of sp³-hybridized carbons (Fsp3) is 0.259. The number of fused-ring (bicyclic) bond motifs is 3. The number of thiocarbonyl (C=S) groups is 1. The third kappa shape index (κ3) is 3.61. The van der Waals surface area contributed by atoms with E-state index in [-0.39, 0.29) is 16.1 Å². The number of benzene rings is 1. The van der Waals surface area contributed by atoms with Crippen LogP contribution in [0.3, 0.4) is 0 Å². The van der Waals surface area contributed by atoms with Crippen molar-refractivity contribution in [3.8, 4) is 6.07 Å². The predicted octanol–water partition coefficient (Wildman–Crippen LogP) is 4.49. The number of hydrogen-bond acceptors (Lipinski definition) is 5. The minimum atomic E-state index is -0.418. The Bertz CT molecular complexity index is 1260. The Morgan fingerprint density at radius 3 is 2.38 bits per heavy atom. The minimum absolute atomic E-state index is 0.0342. The second-order valence-electron chi connectivity index (χ2n) is 8.66. The number of rotatable bonds is 4. The molecule has 3 aliphatic rings. The molecule has 0 N–H and O–H groups in total. The maximum Gasteiger partial charge on any atom is 0.265 e. The summed E-state index contributed by atoms with van der Waals surface area (Å²) in [7, 11) is 0. The van der Waals surface area contributed by atoms with Gasteiger partial charge in [0.05, 0.1) is 11.6 Å². The van der Waals surface area contributed by atoms with Gasteiger partial charge in [0.15, 0.2) is 5.11 Å². The highest BCUT2D eigenvalue weighted by Gasteiger charge is 2.40. The van der Waals surface area contributed by atoms with E-state index in [1.165, 1.54) is 21.4 Å². The van der Waals surface area contributed by atoms with Gasteiger partial charge in [-0.2, -0.15) is 5.26 Å². The number of nitriles is 1. The third-order valence-corrected chi connectivity index (χ3v) is 6.88. The van der Waals surface area contributed by atoms with Crippen LogP contribution in [0.2, 0.25) is 0 Å². The van der Waals surface area contributed by atoms with Crippen molar-refractivity contribution in [3.63, 3.8) is 0 Å². The molecule has 2 amide bonds. The molecule has 0 spiro atoms. The van der Waals surface area contributed by atoms with Crippen LogP contribution in [0.25, 0.3) is 0 Å². The fourth-order valence-electron chi connectivity index (χ4n) is 4.55. The number of anilines is 1. The van der Waals surface area contributed by atoms with Crippen LogP contribution >= 0.6 is 12.2 Å². The zero-order chi connectivity index (χ0) is 24.6. The van der Waals surface area contributed by atoms with Crippen LogP contribution in [0, 0.1) is 11.3 Å². The molecular weight excluding hydrogens is 444 g/mol. The van der Waals surface area contributed by atoms with Crippen LogP contribution in [0.1, 0.15) is 33.3 Å². The maximum absolute atomic E-state index is 12.8. The molecule has 4 rings (SSSR count). The molecule has 6 nitrogen and oxygen atoms in total. The topological polar surface area (TPSA) is 67.6 Å². The molecular formula is C27H26N4O2S. The standard InChI is InChI=1S/C27H26N4O2S/c1-5-29-24(32)20(25(33)30(6-2)26(29)34)11-9-10-19(17-28)18-14-15-31-22-13-8-7-12-21(22)27(3,4)23(31)16-18/h7-16H,5-6H2,1-4H3/b10-9+,19-18+. The van der Waals surface area contributed by atoms with E-state index in [1.54, 1.807) is 12.2 Å². The van der Waals surface area contributed by atoms with Gasteiger partial charge in [0.25, 0.3) is 11.8 Å². The second kappa shape index (κ2) is 8.88. The van der Waals surface area contributed by atoms with Crippen LogP contribution in [-0.2, 0) is 15.0 Å². The van der Waals surface area contributed by atoms with Crippen molar-refractivity contribution in [2.24, 2.45) is 0 Å². The number of carbonyl (C=O) groups excluding carboxylic acids is 2. The van der Waals surface area contributed by atoms with E-state index in [1.807, 2.05) is 44.3 Å². The van der Waals surface area contributed by atoms with Crippen molar-refractivity contribution < 1.29 is 9.59 Å². The van der Waals surface area contributed by atoms with E-state index in [9.17, 15) is 14.9 Å². The number of likely N-dealkylation sites (N-methyl/N-ethyl adjacent to an activating group) is 2. The van der Waals surface area contributed by atoms with Crippen molar-refractivity contribution in [2.45, 2.75) is 33.1 Å². The number of hydrogen-bond donors (Lipinski definition) is 0. The highest BCUT2D eigenvalue weighted by Crippen LogP contribution is 2.49. The highest BCUT2D eigenvalue weighted by molar-refractivity contribution is 7.80. The SMILES string of the molecule is CCN1C(=O)C(=C/C=C/C(C#N)=C2/C=CN3C(=C2)C(C)(C)c2ccccc23)C(=O)N(CC)C1=S. The minimum Gasteiger partial charge on any atom is -0.320 e. The lowest BCUT2D eigenvalue weighted by Gasteiger charge is -2.35. The molecule has 0 atom stereocenters. The molecule has 0 radical (unpaired) electrons. The van der Waals surface area contributed by atoms with E-state index in [0.29, 0.717) is 18.7 Å². The van der Waals surface area contributed by atoms with E-state index in [2.05, 4.69) is 36.9 Å². The lowest BCUT2D eigenvalue weighted by Crippen LogP contribution is -2.55. The van der Waals surface area contributed by atoms with Crippen molar-refractivity contribution >= 4 is 34.8 Å². The van der Waals surface area contributed by atoms with Gasteiger partial charge in [-0.3, -0.25) is 19.4 Å². The van der Waals surface area contributed by atoms with Gasteiger partial charge in [0.1, 0.15) is 5.57 Å². The molecule has 0 aromatic heterocycles. The first-order chi connectivity index (χ1) is 16.3. The first kappa shape index (κ1) is 23.4. The van der Waals surface area contributed by atoms with E-state index >= 15 is 0 Å². The van der Waals surface area contributed by atoms with Crippen LogP contribution in [0.5, 0.6) is 0 Å². The maximum atomic E-state index is 12.8. The van der Waals surface area contributed by atoms with Gasteiger partial charge in [0.2, 0.25) is 0 Å². The Morgan fingerprint density at radius 1 is 1.12 bits per heavy atom. The van der Waals surface area contributed by atoms with Crippen LogP contribution in [0.15, 0.2) is 83.3 Å². The average Bonchev–Trinajstić information content (AvgIpc) is 3.06. The number of allylic oxidation sites excluding steroid dienone is 8. The van der Waals surface area contributed by atoms with Gasteiger partial charge in [-0.05, 0) is 67.6 Å². The molecule has 0 aliphatic carbocycles. The summed E-state index contributed by atoms with van der Waals surface area (Å²) in [6.45, 7) is 8.73. The van der Waals surface area contributed by atoms with E-state index in [4.69, 9.17) is 12.2 Å². The predicted molar refractivity (Wildman–Crippen MR) is 136 cm³/mol. The Kier molecular flexibility index (Phi) is 6.11. The zero-order valence-corrected chi connectivity index (χ0v) is 20.5. The Morgan fingerprint density at radius 2 is 1.76 bits per heavy atom. The van der Waals surface area contributed by atoms with Gasteiger partial charge < -0.3 is 4.90 Å². The molecule has 1 aromatic carbocycles. The zero-order valence-electron chi connectivity index (χ0n) is 19.7. The van der Waals surface area contributed by atoms with Crippen molar-refractivity contribution in [2.75, 3.05) is 18.0 Å². The number of carbonyl (C=O) groups is 2. The molecule has 7 heteroatoms. The van der Waals surface area contributed by atoms with Crippen molar-refractivity contribution in [1.29, 1.82) is 5.26 Å². The van der Waals surface area contributed by atoms with Crippen molar-refractivity contribution in [3.05, 3.63) is 88.8 Å². The number of amides is 2. The summed E-state index contributed by atoms with van der Waals surface area (Å²) in [5.41, 5.74) is 4.52. The van der Waals surface area contributed by atoms with Gasteiger partial charge >= 0.3 is 0 Å². The summed E-state index contributed by atoms with van der Waals surface area (Å²) in [6.07, 6.45) is 10.6. The summed E-state index contributed by atoms with van der Waals surface area (Å²) in [5.74, 6) is -0.836. The molecule has 0 bridgehead atoms. The Hall–Kier alpha value is -3.76. The molecule has 1 saturated heterocycles. The third-order valence-electron chi connectivity index (χ3n) is 6.43. The van der Waals surface area contributed by atoms with Crippen molar-refractivity contribution in [1.82, 2.24) is 9.80 Å². The lowest BCUT2D eigenvalue weighted by atomic mass is 9.82. The smallest absolute Gasteiger partial charge is 0.265 e. The first-order valence-corrected chi connectivity index (χ1v) is 11.7. The van der Waals surface area contributed by atoms with Crippen LogP contribution in [0.4, 0.5) is 5.69 Å². The molecule has 172 valence electrons.